The van der Waals surface area contributed by atoms with E-state index in [1.807, 2.05) is 42.5 Å². The lowest BCUT2D eigenvalue weighted by Gasteiger charge is -2.32. The van der Waals surface area contributed by atoms with Gasteiger partial charge in [0, 0.05) is 34.9 Å². The molecule has 0 radical (unpaired) electrons. The number of benzene rings is 2. The Bertz CT molecular complexity index is 1210. The number of Topliss-reactive ketones (excluding diaryl/α,β-unsaturated/α-hetero) is 1. The second-order valence-corrected chi connectivity index (χ2v) is 7.74. The molecule has 1 atom stereocenters. The minimum absolute atomic E-state index is 0.119. The number of rotatable bonds is 5. The molecule has 0 amide bonds. The van der Waals surface area contributed by atoms with Crippen LogP contribution in [0, 0.1) is 0 Å². The fourth-order valence-corrected chi connectivity index (χ4v) is 4.35. The lowest BCUT2D eigenvalue weighted by molar-refractivity contribution is -0.116. The van der Waals surface area contributed by atoms with E-state index in [2.05, 4.69) is 5.32 Å². The van der Waals surface area contributed by atoms with Crippen molar-refractivity contribution in [3.8, 4) is 28.6 Å². The minimum atomic E-state index is -0.436. The van der Waals surface area contributed by atoms with Crippen molar-refractivity contribution in [2.45, 2.75) is 25.3 Å². The Labute approximate surface area is 185 Å². The summed E-state index contributed by atoms with van der Waals surface area (Å²) in [5.74, 6) is 3.37. The highest BCUT2D eigenvalue weighted by atomic mass is 16.5. The molecule has 8 heteroatoms. The number of nitrogens with zero attached hydrogens (tertiary/aromatic N) is 3. The molecule has 32 heavy (non-hydrogen) atoms. The number of ketones is 1. The first-order valence-corrected chi connectivity index (χ1v) is 10.5. The van der Waals surface area contributed by atoms with Crippen LogP contribution in [0.1, 0.15) is 30.9 Å². The third-order valence-electron chi connectivity index (χ3n) is 5.95. The van der Waals surface area contributed by atoms with Gasteiger partial charge in [0.15, 0.2) is 11.6 Å². The lowest BCUT2D eigenvalue weighted by Crippen LogP contribution is -2.31. The zero-order valence-corrected chi connectivity index (χ0v) is 18.2. The van der Waals surface area contributed by atoms with Crippen molar-refractivity contribution in [2.24, 2.45) is 0 Å². The highest BCUT2D eigenvalue weighted by molar-refractivity contribution is 5.99. The molecule has 8 nitrogen and oxygen atoms in total. The van der Waals surface area contributed by atoms with E-state index < -0.39 is 6.04 Å². The lowest BCUT2D eigenvalue weighted by atomic mass is 9.85. The molecule has 164 valence electrons. The molecule has 2 heterocycles. The Morgan fingerprint density at radius 1 is 0.969 bits per heavy atom. The maximum atomic E-state index is 13.1. The molecule has 1 aromatic heterocycles. The summed E-state index contributed by atoms with van der Waals surface area (Å²) in [4.78, 5) is 17.8. The molecule has 1 aliphatic carbocycles. The van der Waals surface area contributed by atoms with Gasteiger partial charge < -0.3 is 19.5 Å². The molecule has 0 spiro atoms. The van der Waals surface area contributed by atoms with Crippen molar-refractivity contribution in [3.05, 3.63) is 59.3 Å². The predicted octanol–water partition coefficient (Wildman–Crippen LogP) is 3.99. The van der Waals surface area contributed by atoms with Crippen LogP contribution >= 0.6 is 0 Å². The van der Waals surface area contributed by atoms with Crippen molar-refractivity contribution in [2.75, 3.05) is 26.6 Å². The number of methoxy groups -OCH3 is 3. The van der Waals surface area contributed by atoms with Gasteiger partial charge in [0.1, 0.15) is 23.3 Å². The quantitative estimate of drug-likeness (QED) is 0.652. The number of anilines is 1. The first kappa shape index (κ1) is 20.1. The highest BCUT2D eigenvalue weighted by Gasteiger charge is 2.38. The third-order valence-corrected chi connectivity index (χ3v) is 5.95. The van der Waals surface area contributed by atoms with Gasteiger partial charge in [0.25, 0.3) is 0 Å². The average molecular weight is 432 g/mol. The van der Waals surface area contributed by atoms with Crippen molar-refractivity contribution in [3.63, 3.8) is 0 Å². The number of fused-ring (bicyclic) bond motifs is 1. The van der Waals surface area contributed by atoms with Crippen LogP contribution in [0.2, 0.25) is 0 Å². The van der Waals surface area contributed by atoms with Crippen LogP contribution in [-0.4, -0.2) is 41.9 Å². The molecule has 0 bridgehead atoms. The van der Waals surface area contributed by atoms with E-state index in [1.54, 1.807) is 26.0 Å². The van der Waals surface area contributed by atoms with Gasteiger partial charge in [-0.25, -0.2) is 4.68 Å². The summed E-state index contributed by atoms with van der Waals surface area (Å²) in [7, 11) is 4.86. The summed E-state index contributed by atoms with van der Waals surface area (Å²) in [5.41, 5.74) is 3.33. The Morgan fingerprint density at radius 2 is 1.72 bits per heavy atom. The summed E-state index contributed by atoms with van der Waals surface area (Å²) in [6, 6.07) is 12.8. The van der Waals surface area contributed by atoms with Crippen LogP contribution in [0.5, 0.6) is 17.2 Å². The maximum Gasteiger partial charge on any atom is 0.226 e. The van der Waals surface area contributed by atoms with Crippen LogP contribution in [0.4, 0.5) is 5.95 Å². The Balaban J connectivity index is 1.67. The molecule has 0 saturated carbocycles. The van der Waals surface area contributed by atoms with Crippen molar-refractivity contribution in [1.29, 1.82) is 0 Å². The second kappa shape index (κ2) is 8.03. The zero-order valence-electron chi connectivity index (χ0n) is 18.2. The molecule has 1 N–H and O–H groups in total. The van der Waals surface area contributed by atoms with Gasteiger partial charge in [0.2, 0.25) is 5.95 Å². The Kier molecular flexibility index (Phi) is 5.05. The second-order valence-electron chi connectivity index (χ2n) is 7.74. The maximum absolute atomic E-state index is 13.1. The molecule has 5 rings (SSSR count). The van der Waals surface area contributed by atoms with Crippen LogP contribution in [0.3, 0.4) is 0 Å². The first-order chi connectivity index (χ1) is 15.6. The van der Waals surface area contributed by atoms with Crippen molar-refractivity contribution in [1.82, 2.24) is 14.8 Å². The van der Waals surface area contributed by atoms with E-state index in [1.165, 1.54) is 0 Å². The molecule has 1 aliphatic heterocycles. The van der Waals surface area contributed by atoms with E-state index in [4.69, 9.17) is 24.3 Å². The van der Waals surface area contributed by atoms with E-state index >= 15 is 0 Å². The number of ether oxygens (including phenoxy) is 3. The number of aromatic nitrogens is 3. The summed E-state index contributed by atoms with van der Waals surface area (Å²) >= 11 is 0. The third kappa shape index (κ3) is 3.28. The van der Waals surface area contributed by atoms with Crippen LogP contribution in [0.25, 0.3) is 11.4 Å². The number of hydrogen-bond donors (Lipinski definition) is 1. The number of carbonyl (C=O) groups is 1. The minimum Gasteiger partial charge on any atom is -0.497 e. The molecule has 1 unspecified atom stereocenters. The number of hydrogen-bond acceptors (Lipinski definition) is 7. The fourth-order valence-electron chi connectivity index (χ4n) is 4.35. The summed E-state index contributed by atoms with van der Waals surface area (Å²) in [6.45, 7) is 0. The van der Waals surface area contributed by atoms with Gasteiger partial charge in [-0.1, -0.05) is 0 Å². The van der Waals surface area contributed by atoms with Crippen molar-refractivity contribution >= 4 is 11.7 Å². The van der Waals surface area contributed by atoms with E-state index in [9.17, 15) is 4.79 Å². The molecule has 0 fully saturated rings. The fraction of sp³-hybridized carbons (Fsp3) is 0.292. The van der Waals surface area contributed by atoms with Gasteiger partial charge >= 0.3 is 0 Å². The van der Waals surface area contributed by atoms with E-state index in [0.29, 0.717) is 29.7 Å². The van der Waals surface area contributed by atoms with Crippen molar-refractivity contribution < 1.29 is 19.0 Å². The SMILES string of the molecule is COc1ccc(-c2nc3n(n2)C(c2ccc(OC)cc2OC)C2=C(CCCC2=O)N3)cc1. The molecule has 3 aromatic rings. The van der Waals surface area contributed by atoms with Gasteiger partial charge in [0.05, 0.1) is 21.3 Å². The predicted molar refractivity (Wildman–Crippen MR) is 119 cm³/mol. The summed E-state index contributed by atoms with van der Waals surface area (Å²) in [5, 5.41) is 8.17. The molecule has 2 aromatic carbocycles. The molecule has 2 aliphatic rings. The number of nitrogens with one attached hydrogen (secondary N) is 1. The number of carbonyl (C=O) groups excluding carboxylic acids is 1. The highest BCUT2D eigenvalue weighted by Crippen LogP contribution is 2.44. The molecular weight excluding hydrogens is 408 g/mol. The van der Waals surface area contributed by atoms with Crippen LogP contribution in [0.15, 0.2) is 53.7 Å². The zero-order chi connectivity index (χ0) is 22.2. The van der Waals surface area contributed by atoms with E-state index in [-0.39, 0.29) is 5.78 Å². The normalized spacial score (nSPS) is 17.3. The average Bonchev–Trinajstić information content (AvgIpc) is 3.26. The van der Waals surface area contributed by atoms with Gasteiger partial charge in [-0.05, 0) is 49.2 Å². The van der Waals surface area contributed by atoms with E-state index in [0.717, 1.165) is 41.0 Å². The van der Waals surface area contributed by atoms with Gasteiger partial charge in [-0.2, -0.15) is 4.98 Å². The largest absolute Gasteiger partial charge is 0.497 e. The topological polar surface area (TPSA) is 87.5 Å². The Morgan fingerprint density at radius 3 is 2.44 bits per heavy atom. The monoisotopic (exact) mass is 432 g/mol. The Hall–Kier alpha value is -3.81. The molecular formula is C24H24N4O4. The number of allylic oxidation sites excluding steroid dienone is 2. The van der Waals surface area contributed by atoms with Gasteiger partial charge in [-0.3, -0.25) is 4.79 Å². The smallest absolute Gasteiger partial charge is 0.226 e. The van der Waals surface area contributed by atoms with Crippen LogP contribution in [-0.2, 0) is 4.79 Å². The van der Waals surface area contributed by atoms with Crippen LogP contribution < -0.4 is 19.5 Å². The standard InChI is InChI=1S/C24H24N4O4/c1-30-15-9-7-14(8-10-15)23-26-24-25-18-5-4-6-19(29)21(18)22(28(24)27-23)17-12-11-16(31-2)13-20(17)32-3/h7-13,22H,4-6H2,1-3H3,(H,25,26,27). The summed E-state index contributed by atoms with van der Waals surface area (Å²) < 4.78 is 18.1. The van der Waals surface area contributed by atoms with Gasteiger partial charge in [-0.15, -0.1) is 5.10 Å². The first-order valence-electron chi connectivity index (χ1n) is 10.5. The molecule has 0 saturated heterocycles. The summed E-state index contributed by atoms with van der Waals surface area (Å²) in [6.07, 6.45) is 2.13.